The third kappa shape index (κ3) is 3.37. The highest BCUT2D eigenvalue weighted by atomic mass is 32.2. The molecule has 0 radical (unpaired) electrons. The van der Waals surface area contributed by atoms with Gasteiger partial charge in [0.1, 0.15) is 6.04 Å². The maximum absolute atomic E-state index is 12.2. The normalized spacial score (nSPS) is 15.6. The Hall–Kier alpha value is -1.40. The number of nitrogens with two attached hydrogens (primary N) is 1. The summed E-state index contributed by atoms with van der Waals surface area (Å²) in [7, 11) is 1.62. The molecule has 1 aliphatic heterocycles. The number of fused-ring (bicyclic) bond motifs is 1. The van der Waals surface area contributed by atoms with Gasteiger partial charge in [-0.3, -0.25) is 4.79 Å². The Balaban J connectivity index is 2.10. The highest BCUT2D eigenvalue weighted by Crippen LogP contribution is 2.36. The van der Waals surface area contributed by atoms with Crippen molar-refractivity contribution in [2.24, 2.45) is 0 Å². The summed E-state index contributed by atoms with van der Waals surface area (Å²) >= 11 is 1.80. The number of amides is 1. The number of methoxy groups -OCH3 is 1. The first-order valence-corrected chi connectivity index (χ1v) is 7.67. The van der Waals surface area contributed by atoms with Gasteiger partial charge in [0, 0.05) is 36.5 Å². The summed E-state index contributed by atoms with van der Waals surface area (Å²) < 4.78 is 4.94. The third-order valence-corrected chi connectivity index (χ3v) is 4.38. The molecule has 20 heavy (non-hydrogen) atoms. The number of thioether (sulfide) groups is 1. The van der Waals surface area contributed by atoms with Gasteiger partial charge in [-0.05, 0) is 25.1 Å². The molecule has 6 heteroatoms. The number of hydrogen-bond donors (Lipinski definition) is 2. The van der Waals surface area contributed by atoms with Crippen molar-refractivity contribution in [3.8, 4) is 0 Å². The second-order valence-electron chi connectivity index (χ2n) is 4.73. The van der Waals surface area contributed by atoms with Crippen molar-refractivity contribution < 1.29 is 9.53 Å². The van der Waals surface area contributed by atoms with Gasteiger partial charge in [-0.2, -0.15) is 0 Å². The summed E-state index contributed by atoms with van der Waals surface area (Å²) in [6, 6.07) is 5.66. The Kier molecular flexibility index (Phi) is 5.14. The lowest BCUT2D eigenvalue weighted by atomic mass is 10.2. The van der Waals surface area contributed by atoms with E-state index >= 15 is 0 Å². The van der Waals surface area contributed by atoms with Gasteiger partial charge in [-0.15, -0.1) is 11.8 Å². The zero-order valence-corrected chi connectivity index (χ0v) is 12.7. The van der Waals surface area contributed by atoms with Crippen LogP contribution in [0, 0.1) is 0 Å². The lowest BCUT2D eigenvalue weighted by molar-refractivity contribution is -0.122. The van der Waals surface area contributed by atoms with Crippen molar-refractivity contribution in [3.63, 3.8) is 0 Å². The van der Waals surface area contributed by atoms with E-state index in [0.717, 1.165) is 23.7 Å². The predicted octanol–water partition coefficient (Wildman–Crippen LogP) is 1.33. The van der Waals surface area contributed by atoms with E-state index in [1.54, 1.807) is 18.9 Å². The van der Waals surface area contributed by atoms with Gasteiger partial charge in [0.05, 0.1) is 12.3 Å². The molecule has 5 nitrogen and oxygen atoms in total. The standard InChI is InChI=1S/C14H21N3O2S/c1-10(14(18)16-5-7-19-2)17-6-8-20-13-4-3-11(15)9-12(13)17/h3-4,9-10H,5-8,15H2,1-2H3,(H,16,18). The topological polar surface area (TPSA) is 67.6 Å². The minimum atomic E-state index is -0.215. The number of carbonyl (C=O) groups is 1. The third-order valence-electron chi connectivity index (χ3n) is 3.33. The minimum Gasteiger partial charge on any atom is -0.399 e. The molecule has 1 aromatic carbocycles. The summed E-state index contributed by atoms with van der Waals surface area (Å²) in [5.74, 6) is 0.995. The lowest BCUT2D eigenvalue weighted by Crippen LogP contribution is -2.48. The first-order valence-electron chi connectivity index (χ1n) is 6.69. The Bertz CT molecular complexity index is 481. The number of nitrogen functional groups attached to an aromatic ring is 1. The molecule has 0 spiro atoms. The number of rotatable bonds is 5. The van der Waals surface area contributed by atoms with Crippen LogP contribution in [-0.4, -0.2) is 44.5 Å². The van der Waals surface area contributed by atoms with Crippen LogP contribution < -0.4 is 16.0 Å². The molecule has 0 saturated heterocycles. The number of nitrogens with one attached hydrogen (secondary N) is 1. The van der Waals surface area contributed by atoms with Gasteiger partial charge in [-0.25, -0.2) is 0 Å². The van der Waals surface area contributed by atoms with Crippen molar-refractivity contribution in [1.29, 1.82) is 0 Å². The fourth-order valence-corrected chi connectivity index (χ4v) is 3.22. The predicted molar refractivity (Wildman–Crippen MR) is 83.3 cm³/mol. The fourth-order valence-electron chi connectivity index (χ4n) is 2.22. The van der Waals surface area contributed by atoms with Crippen LogP contribution in [0.15, 0.2) is 23.1 Å². The smallest absolute Gasteiger partial charge is 0.242 e. The quantitative estimate of drug-likeness (QED) is 0.634. The number of anilines is 2. The molecule has 0 bridgehead atoms. The van der Waals surface area contributed by atoms with Gasteiger partial charge < -0.3 is 20.7 Å². The summed E-state index contributed by atoms with van der Waals surface area (Å²) in [4.78, 5) is 15.5. The maximum Gasteiger partial charge on any atom is 0.242 e. The van der Waals surface area contributed by atoms with E-state index < -0.39 is 0 Å². The molecule has 0 aromatic heterocycles. The van der Waals surface area contributed by atoms with Gasteiger partial charge in [0.2, 0.25) is 5.91 Å². The number of ether oxygens (including phenoxy) is 1. The minimum absolute atomic E-state index is 0.0160. The highest BCUT2D eigenvalue weighted by molar-refractivity contribution is 7.99. The zero-order chi connectivity index (χ0) is 14.5. The Morgan fingerprint density at radius 2 is 2.40 bits per heavy atom. The summed E-state index contributed by atoms with van der Waals surface area (Å²) in [5, 5.41) is 2.88. The Morgan fingerprint density at radius 3 is 3.15 bits per heavy atom. The van der Waals surface area contributed by atoms with Crippen LogP contribution in [0.3, 0.4) is 0 Å². The molecule has 0 saturated carbocycles. The van der Waals surface area contributed by atoms with Crippen molar-refractivity contribution >= 4 is 29.0 Å². The van der Waals surface area contributed by atoms with Crippen LogP contribution in [0.25, 0.3) is 0 Å². The molecule has 2 rings (SSSR count). The van der Waals surface area contributed by atoms with Crippen molar-refractivity contribution in [2.75, 3.05) is 43.2 Å². The van der Waals surface area contributed by atoms with E-state index in [-0.39, 0.29) is 11.9 Å². The van der Waals surface area contributed by atoms with Crippen LogP contribution in [-0.2, 0) is 9.53 Å². The van der Waals surface area contributed by atoms with Gasteiger partial charge in [-0.1, -0.05) is 0 Å². The molecule has 0 aliphatic carbocycles. The van der Waals surface area contributed by atoms with Crippen molar-refractivity contribution in [2.45, 2.75) is 17.9 Å². The largest absolute Gasteiger partial charge is 0.399 e. The second kappa shape index (κ2) is 6.85. The van der Waals surface area contributed by atoms with E-state index in [1.165, 1.54) is 4.90 Å². The number of nitrogens with zero attached hydrogens (tertiary/aromatic N) is 1. The molecule has 1 aromatic rings. The molecule has 1 aliphatic rings. The Morgan fingerprint density at radius 1 is 1.60 bits per heavy atom. The van der Waals surface area contributed by atoms with Gasteiger partial charge >= 0.3 is 0 Å². The summed E-state index contributed by atoms with van der Waals surface area (Å²) in [6.45, 7) is 3.83. The Labute approximate surface area is 123 Å². The first kappa shape index (κ1) is 15.0. The van der Waals surface area contributed by atoms with E-state index in [9.17, 15) is 4.79 Å². The average molecular weight is 295 g/mol. The van der Waals surface area contributed by atoms with E-state index in [0.29, 0.717) is 13.2 Å². The van der Waals surface area contributed by atoms with Crippen LogP contribution in [0.1, 0.15) is 6.92 Å². The molecule has 1 atom stereocenters. The number of carbonyl (C=O) groups excluding carboxylic acids is 1. The summed E-state index contributed by atoms with van der Waals surface area (Å²) in [5.41, 5.74) is 7.64. The number of benzene rings is 1. The van der Waals surface area contributed by atoms with Crippen LogP contribution in [0.5, 0.6) is 0 Å². The number of hydrogen-bond acceptors (Lipinski definition) is 5. The molecular formula is C14H21N3O2S. The average Bonchev–Trinajstić information content (AvgIpc) is 2.46. The molecule has 1 amide bonds. The van der Waals surface area contributed by atoms with Crippen LogP contribution in [0.4, 0.5) is 11.4 Å². The van der Waals surface area contributed by atoms with Crippen LogP contribution >= 0.6 is 11.8 Å². The molecular weight excluding hydrogens is 274 g/mol. The maximum atomic E-state index is 12.2. The monoisotopic (exact) mass is 295 g/mol. The van der Waals surface area contributed by atoms with Crippen molar-refractivity contribution in [3.05, 3.63) is 18.2 Å². The second-order valence-corrected chi connectivity index (χ2v) is 5.87. The highest BCUT2D eigenvalue weighted by Gasteiger charge is 2.26. The van der Waals surface area contributed by atoms with E-state index in [1.807, 2.05) is 25.1 Å². The van der Waals surface area contributed by atoms with Gasteiger partial charge in [0.25, 0.3) is 0 Å². The van der Waals surface area contributed by atoms with E-state index in [2.05, 4.69) is 10.2 Å². The fraction of sp³-hybridized carbons (Fsp3) is 0.500. The molecule has 110 valence electrons. The molecule has 1 unspecified atom stereocenters. The van der Waals surface area contributed by atoms with Crippen LogP contribution in [0.2, 0.25) is 0 Å². The molecule has 3 N–H and O–H groups in total. The lowest BCUT2D eigenvalue weighted by Gasteiger charge is -2.35. The zero-order valence-electron chi connectivity index (χ0n) is 11.9. The van der Waals surface area contributed by atoms with E-state index in [4.69, 9.17) is 10.5 Å². The SMILES string of the molecule is COCCNC(=O)C(C)N1CCSc2ccc(N)cc21. The molecule has 1 heterocycles. The van der Waals surface area contributed by atoms with Crippen molar-refractivity contribution in [1.82, 2.24) is 5.32 Å². The first-order chi connectivity index (χ1) is 9.63. The molecule has 0 fully saturated rings. The van der Waals surface area contributed by atoms with Gasteiger partial charge in [0.15, 0.2) is 0 Å². The summed E-state index contributed by atoms with van der Waals surface area (Å²) in [6.07, 6.45) is 0.